The quantitative estimate of drug-likeness (QED) is 0.709. The van der Waals surface area contributed by atoms with E-state index in [1.165, 1.54) is 12.0 Å². The average molecular weight is 389 g/mol. The maximum absolute atomic E-state index is 12.3. The monoisotopic (exact) mass is 388 g/mol. The van der Waals surface area contributed by atoms with Crippen LogP contribution in [0.3, 0.4) is 0 Å². The molecule has 2 aromatic rings. The maximum Gasteiger partial charge on any atom is 0.230 e. The third kappa shape index (κ3) is 5.76. The summed E-state index contributed by atoms with van der Waals surface area (Å²) in [4.78, 5) is 12.3. The zero-order valence-corrected chi connectivity index (χ0v) is 16.4. The third-order valence-electron chi connectivity index (χ3n) is 4.69. The summed E-state index contributed by atoms with van der Waals surface area (Å²) in [6, 6.07) is 18.2. The lowest BCUT2D eigenvalue weighted by molar-refractivity contribution is -0.118. The van der Waals surface area contributed by atoms with Gasteiger partial charge in [-0.3, -0.25) is 4.79 Å². The van der Waals surface area contributed by atoms with Crippen LogP contribution in [0.5, 0.6) is 0 Å². The molecule has 2 atom stereocenters. The smallest absolute Gasteiger partial charge is 0.230 e. The average Bonchev–Trinajstić information content (AvgIpc) is 3.18. The van der Waals surface area contributed by atoms with E-state index in [9.17, 15) is 4.79 Å². The number of nitrogens with one attached hydrogen (secondary N) is 2. The first-order valence-electron chi connectivity index (χ1n) is 9.12. The Morgan fingerprint density at radius 3 is 2.58 bits per heavy atom. The second-order valence-corrected chi connectivity index (χ2v) is 8.18. The van der Waals surface area contributed by atoms with Gasteiger partial charge in [-0.2, -0.15) is 0 Å². The Morgan fingerprint density at radius 2 is 1.88 bits per heavy atom. The van der Waals surface area contributed by atoms with E-state index in [-0.39, 0.29) is 11.2 Å². The van der Waals surface area contributed by atoms with Gasteiger partial charge in [0.2, 0.25) is 5.91 Å². The summed E-state index contributed by atoms with van der Waals surface area (Å²) in [5.74, 6) is 1.26. The molecule has 138 valence electrons. The third-order valence-corrected chi connectivity index (χ3v) is 6.25. The van der Waals surface area contributed by atoms with Crippen LogP contribution in [0.4, 0.5) is 0 Å². The minimum absolute atomic E-state index is 0.107. The van der Waals surface area contributed by atoms with E-state index >= 15 is 0 Å². The molecule has 0 aromatic heterocycles. The summed E-state index contributed by atoms with van der Waals surface area (Å²) in [7, 11) is 0. The molecule has 0 saturated carbocycles. The van der Waals surface area contributed by atoms with Crippen molar-refractivity contribution in [3.8, 4) is 0 Å². The largest absolute Gasteiger partial charge is 0.355 e. The van der Waals surface area contributed by atoms with Gasteiger partial charge in [0.05, 0.1) is 11.0 Å². The number of halogens is 1. The number of carbonyl (C=O) groups excluding carboxylic acids is 1. The van der Waals surface area contributed by atoms with Crippen molar-refractivity contribution in [3.63, 3.8) is 0 Å². The van der Waals surface area contributed by atoms with Crippen LogP contribution < -0.4 is 10.6 Å². The van der Waals surface area contributed by atoms with Crippen molar-refractivity contribution in [1.29, 1.82) is 0 Å². The van der Waals surface area contributed by atoms with Gasteiger partial charge in [0.1, 0.15) is 0 Å². The van der Waals surface area contributed by atoms with Crippen molar-refractivity contribution in [2.45, 2.75) is 18.1 Å². The minimum Gasteiger partial charge on any atom is -0.355 e. The van der Waals surface area contributed by atoms with Crippen LogP contribution in [0.15, 0.2) is 54.6 Å². The number of hydrogen-bond donors (Lipinski definition) is 2. The highest BCUT2D eigenvalue weighted by molar-refractivity contribution is 8.00. The van der Waals surface area contributed by atoms with E-state index in [2.05, 4.69) is 22.8 Å². The number of thioether (sulfide) groups is 1. The summed E-state index contributed by atoms with van der Waals surface area (Å²) in [6.07, 6.45) is 2.28. The Labute approximate surface area is 164 Å². The van der Waals surface area contributed by atoms with Crippen LogP contribution >= 0.6 is 23.4 Å². The zero-order valence-electron chi connectivity index (χ0n) is 14.8. The molecule has 3 nitrogen and oxygen atoms in total. The van der Waals surface area contributed by atoms with Crippen molar-refractivity contribution < 1.29 is 4.79 Å². The SMILES string of the molecule is O=C(CSC(c1ccccc1)c1ccc(Cl)cc1)NCCC1CCNC1. The Kier molecular flexibility index (Phi) is 7.42. The molecule has 1 saturated heterocycles. The number of benzene rings is 2. The molecule has 1 aliphatic rings. The number of hydrogen-bond acceptors (Lipinski definition) is 3. The van der Waals surface area contributed by atoms with E-state index in [0.29, 0.717) is 11.7 Å². The fourth-order valence-electron chi connectivity index (χ4n) is 3.24. The molecule has 1 aliphatic heterocycles. The maximum atomic E-state index is 12.3. The van der Waals surface area contributed by atoms with Gasteiger partial charge in [-0.25, -0.2) is 0 Å². The van der Waals surface area contributed by atoms with E-state index in [4.69, 9.17) is 11.6 Å². The van der Waals surface area contributed by atoms with Crippen LogP contribution in [0.1, 0.15) is 29.2 Å². The van der Waals surface area contributed by atoms with Crippen LogP contribution in [-0.2, 0) is 4.79 Å². The van der Waals surface area contributed by atoms with Gasteiger partial charge in [-0.1, -0.05) is 54.1 Å². The molecule has 3 rings (SSSR count). The molecule has 2 aromatic carbocycles. The normalized spacial score (nSPS) is 17.8. The first-order chi connectivity index (χ1) is 12.7. The molecule has 0 spiro atoms. The molecule has 2 N–H and O–H groups in total. The predicted octanol–water partition coefficient (Wildman–Crippen LogP) is 4.28. The Bertz CT molecular complexity index is 687. The van der Waals surface area contributed by atoms with Gasteiger partial charge in [-0.15, -0.1) is 11.8 Å². The van der Waals surface area contributed by atoms with E-state index in [1.54, 1.807) is 11.8 Å². The molecular weight excluding hydrogens is 364 g/mol. The van der Waals surface area contributed by atoms with E-state index < -0.39 is 0 Å². The highest BCUT2D eigenvalue weighted by atomic mass is 35.5. The van der Waals surface area contributed by atoms with Gasteiger partial charge in [0, 0.05) is 11.6 Å². The summed E-state index contributed by atoms with van der Waals surface area (Å²) in [5.41, 5.74) is 2.36. The lowest BCUT2D eigenvalue weighted by Gasteiger charge is -2.18. The lowest BCUT2D eigenvalue weighted by atomic mass is 10.0. The molecule has 0 bridgehead atoms. The first-order valence-corrected chi connectivity index (χ1v) is 10.5. The van der Waals surface area contributed by atoms with Crippen LogP contribution in [0.2, 0.25) is 5.02 Å². The van der Waals surface area contributed by atoms with E-state index in [1.807, 2.05) is 42.5 Å². The summed E-state index contributed by atoms with van der Waals surface area (Å²) in [6.45, 7) is 2.95. The summed E-state index contributed by atoms with van der Waals surface area (Å²) >= 11 is 7.68. The van der Waals surface area contributed by atoms with Gasteiger partial charge in [0.15, 0.2) is 0 Å². The standard InChI is InChI=1S/C21H25ClN2OS/c22-19-8-6-18(7-9-19)21(17-4-2-1-3-5-17)26-15-20(25)24-13-11-16-10-12-23-14-16/h1-9,16,21,23H,10-15H2,(H,24,25). The Hall–Kier alpha value is -1.49. The first kappa shape index (κ1) is 19.3. The topological polar surface area (TPSA) is 41.1 Å². The van der Waals surface area contributed by atoms with Crippen LogP contribution in [-0.4, -0.2) is 31.3 Å². The molecule has 1 heterocycles. The fourth-order valence-corrected chi connectivity index (χ4v) is 4.48. The van der Waals surface area contributed by atoms with Crippen molar-refractivity contribution in [2.75, 3.05) is 25.4 Å². The fraction of sp³-hybridized carbons (Fsp3) is 0.381. The molecule has 5 heteroatoms. The second kappa shape index (κ2) is 10.0. The second-order valence-electron chi connectivity index (χ2n) is 6.65. The van der Waals surface area contributed by atoms with Crippen molar-refractivity contribution in [3.05, 3.63) is 70.7 Å². The molecule has 1 amide bonds. The lowest BCUT2D eigenvalue weighted by Crippen LogP contribution is -2.28. The van der Waals surface area contributed by atoms with Crippen molar-refractivity contribution >= 4 is 29.3 Å². The number of carbonyl (C=O) groups is 1. The van der Waals surface area contributed by atoms with Gasteiger partial charge >= 0.3 is 0 Å². The number of rotatable bonds is 8. The van der Waals surface area contributed by atoms with Crippen LogP contribution in [0.25, 0.3) is 0 Å². The molecule has 26 heavy (non-hydrogen) atoms. The van der Waals surface area contributed by atoms with Gasteiger partial charge in [-0.05, 0) is 55.1 Å². The van der Waals surface area contributed by atoms with Gasteiger partial charge in [0.25, 0.3) is 0 Å². The molecule has 2 unspecified atom stereocenters. The Morgan fingerprint density at radius 1 is 1.15 bits per heavy atom. The Balaban J connectivity index is 1.55. The highest BCUT2D eigenvalue weighted by Gasteiger charge is 2.17. The molecular formula is C21H25ClN2OS. The molecule has 0 radical (unpaired) electrons. The minimum atomic E-state index is 0.107. The summed E-state index contributed by atoms with van der Waals surface area (Å²) < 4.78 is 0. The van der Waals surface area contributed by atoms with Crippen molar-refractivity contribution in [2.24, 2.45) is 5.92 Å². The van der Waals surface area contributed by atoms with Gasteiger partial charge < -0.3 is 10.6 Å². The zero-order chi connectivity index (χ0) is 18.2. The number of amides is 1. The summed E-state index contributed by atoms with van der Waals surface area (Å²) in [5, 5.41) is 7.28. The molecule has 1 fully saturated rings. The van der Waals surface area contributed by atoms with Crippen LogP contribution in [0, 0.1) is 5.92 Å². The molecule has 0 aliphatic carbocycles. The highest BCUT2D eigenvalue weighted by Crippen LogP contribution is 2.35. The van der Waals surface area contributed by atoms with E-state index in [0.717, 1.165) is 36.6 Å². The van der Waals surface area contributed by atoms with Crippen molar-refractivity contribution in [1.82, 2.24) is 10.6 Å². The predicted molar refractivity (Wildman–Crippen MR) is 111 cm³/mol.